The van der Waals surface area contributed by atoms with Crippen molar-refractivity contribution in [2.45, 2.75) is 64.2 Å². The van der Waals surface area contributed by atoms with Crippen LogP contribution in [-0.2, 0) is 6.42 Å². The van der Waals surface area contributed by atoms with Crippen LogP contribution in [0.2, 0.25) is 0 Å². The molecule has 1 aromatic rings. The maximum atomic E-state index is 4.62. The largest absolute Gasteiger partial charge is 0.263 e. The van der Waals surface area contributed by atoms with Crippen LogP contribution in [-0.4, -0.2) is 15.2 Å². The average Bonchev–Trinajstić information content (AvgIpc) is 2.87. The number of H-pyrrole nitrogens is 1. The molecule has 2 aliphatic carbocycles. The van der Waals surface area contributed by atoms with Crippen LogP contribution in [0.15, 0.2) is 0 Å². The molecule has 0 spiro atoms. The molecule has 1 heterocycles. The monoisotopic (exact) mass is 233 g/mol. The van der Waals surface area contributed by atoms with E-state index in [9.17, 15) is 0 Å². The fraction of sp³-hybridized carbons (Fsp3) is 0.857. The minimum Gasteiger partial charge on any atom is -0.263 e. The van der Waals surface area contributed by atoms with E-state index >= 15 is 0 Å². The second-order valence-corrected chi connectivity index (χ2v) is 5.81. The van der Waals surface area contributed by atoms with Crippen molar-refractivity contribution in [3.05, 3.63) is 11.6 Å². The van der Waals surface area contributed by atoms with Gasteiger partial charge in [0.15, 0.2) is 5.82 Å². The summed E-state index contributed by atoms with van der Waals surface area (Å²) in [5.74, 6) is 4.75. The lowest BCUT2D eigenvalue weighted by Gasteiger charge is -2.38. The molecule has 3 nitrogen and oxygen atoms in total. The Morgan fingerprint density at radius 3 is 2.71 bits per heavy atom. The molecule has 1 N–H and O–H groups in total. The minimum atomic E-state index is 0.630. The number of fused-ring (bicyclic) bond motifs is 1. The van der Waals surface area contributed by atoms with E-state index in [0.717, 1.165) is 29.9 Å². The molecule has 3 rings (SSSR count). The third-order valence-corrected chi connectivity index (χ3v) is 4.79. The molecule has 3 heteroatoms. The van der Waals surface area contributed by atoms with Crippen LogP contribution in [0, 0.1) is 11.8 Å². The molecule has 2 fully saturated rings. The van der Waals surface area contributed by atoms with E-state index in [-0.39, 0.29) is 0 Å². The molecule has 17 heavy (non-hydrogen) atoms. The number of rotatable bonds is 2. The molecular weight excluding hydrogens is 210 g/mol. The van der Waals surface area contributed by atoms with Crippen molar-refractivity contribution in [3.63, 3.8) is 0 Å². The van der Waals surface area contributed by atoms with Crippen molar-refractivity contribution >= 4 is 0 Å². The van der Waals surface area contributed by atoms with Gasteiger partial charge in [-0.15, -0.1) is 0 Å². The topological polar surface area (TPSA) is 41.6 Å². The molecular formula is C14H23N3. The van der Waals surface area contributed by atoms with Crippen molar-refractivity contribution in [3.8, 4) is 0 Å². The molecule has 0 aliphatic heterocycles. The highest BCUT2D eigenvalue weighted by molar-refractivity contribution is 5.01. The third-order valence-electron chi connectivity index (χ3n) is 4.79. The Hall–Kier alpha value is -0.860. The van der Waals surface area contributed by atoms with Gasteiger partial charge in [0.25, 0.3) is 0 Å². The minimum absolute atomic E-state index is 0.630. The maximum absolute atomic E-state index is 4.62. The van der Waals surface area contributed by atoms with E-state index < -0.39 is 0 Å². The zero-order chi connectivity index (χ0) is 11.7. The van der Waals surface area contributed by atoms with E-state index in [1.54, 1.807) is 0 Å². The highest BCUT2D eigenvalue weighted by Crippen LogP contribution is 2.45. The van der Waals surface area contributed by atoms with Crippen LogP contribution >= 0.6 is 0 Å². The number of aryl methyl sites for hydroxylation is 1. The first kappa shape index (κ1) is 11.2. The molecule has 0 radical (unpaired) electrons. The number of nitrogens with one attached hydrogen (secondary N) is 1. The fourth-order valence-corrected chi connectivity index (χ4v) is 3.76. The number of aromatic amines is 1. The quantitative estimate of drug-likeness (QED) is 0.850. The van der Waals surface area contributed by atoms with Gasteiger partial charge >= 0.3 is 0 Å². The van der Waals surface area contributed by atoms with Gasteiger partial charge in [-0.25, -0.2) is 4.98 Å². The Bertz CT molecular complexity index is 371. The molecule has 94 valence electrons. The van der Waals surface area contributed by atoms with E-state index in [2.05, 4.69) is 22.1 Å². The van der Waals surface area contributed by atoms with E-state index in [1.807, 2.05) is 0 Å². The summed E-state index contributed by atoms with van der Waals surface area (Å²) in [6.07, 6.45) is 10.9. The predicted molar refractivity (Wildman–Crippen MR) is 67.8 cm³/mol. The molecule has 0 aromatic carbocycles. The zero-order valence-electron chi connectivity index (χ0n) is 10.8. The summed E-state index contributed by atoms with van der Waals surface area (Å²) in [6.45, 7) is 2.13. The van der Waals surface area contributed by atoms with Gasteiger partial charge in [0.2, 0.25) is 0 Å². The van der Waals surface area contributed by atoms with Gasteiger partial charge in [0.1, 0.15) is 5.82 Å². The predicted octanol–water partition coefficient (Wildman–Crippen LogP) is 3.44. The lowest BCUT2D eigenvalue weighted by atomic mass is 9.67. The summed E-state index contributed by atoms with van der Waals surface area (Å²) >= 11 is 0. The SMILES string of the molecule is CCc1nc(C2CCC3CCCCC3C2)n[nH]1. The fourth-order valence-electron chi connectivity index (χ4n) is 3.76. The smallest absolute Gasteiger partial charge is 0.153 e. The van der Waals surface area contributed by atoms with Gasteiger partial charge in [0.05, 0.1) is 0 Å². The number of aromatic nitrogens is 3. The first-order chi connectivity index (χ1) is 8.36. The van der Waals surface area contributed by atoms with Gasteiger partial charge in [0, 0.05) is 12.3 Å². The number of hydrogen-bond acceptors (Lipinski definition) is 2. The van der Waals surface area contributed by atoms with Crippen LogP contribution in [0.3, 0.4) is 0 Å². The van der Waals surface area contributed by atoms with Crippen molar-refractivity contribution in [2.75, 3.05) is 0 Å². The van der Waals surface area contributed by atoms with Crippen LogP contribution in [0.1, 0.15) is 69.4 Å². The number of nitrogens with zero attached hydrogens (tertiary/aromatic N) is 2. The van der Waals surface area contributed by atoms with E-state index in [4.69, 9.17) is 0 Å². The Labute approximate surface area is 103 Å². The summed E-state index contributed by atoms with van der Waals surface area (Å²) < 4.78 is 0. The lowest BCUT2D eigenvalue weighted by molar-refractivity contribution is 0.153. The van der Waals surface area contributed by atoms with Crippen LogP contribution in [0.25, 0.3) is 0 Å². The standard InChI is InChI=1S/C14H23N3/c1-2-13-15-14(17-16-13)12-8-7-10-5-3-4-6-11(10)9-12/h10-12H,2-9H2,1H3,(H,15,16,17). The Balaban J connectivity index is 1.68. The lowest BCUT2D eigenvalue weighted by Crippen LogP contribution is -2.27. The highest BCUT2D eigenvalue weighted by atomic mass is 15.2. The third kappa shape index (κ3) is 2.24. The molecule has 0 amide bonds. The Morgan fingerprint density at radius 2 is 1.94 bits per heavy atom. The van der Waals surface area contributed by atoms with Gasteiger partial charge < -0.3 is 0 Å². The summed E-state index contributed by atoms with van der Waals surface area (Å²) in [6, 6.07) is 0. The van der Waals surface area contributed by atoms with Gasteiger partial charge in [-0.3, -0.25) is 5.10 Å². The normalized spacial score (nSPS) is 33.4. The molecule has 2 saturated carbocycles. The Morgan fingerprint density at radius 1 is 1.12 bits per heavy atom. The van der Waals surface area contributed by atoms with Crippen LogP contribution in [0.4, 0.5) is 0 Å². The van der Waals surface area contributed by atoms with Gasteiger partial charge in [-0.05, 0) is 31.1 Å². The van der Waals surface area contributed by atoms with Crippen molar-refractivity contribution in [1.29, 1.82) is 0 Å². The second-order valence-electron chi connectivity index (χ2n) is 5.81. The van der Waals surface area contributed by atoms with Crippen LogP contribution < -0.4 is 0 Å². The average molecular weight is 233 g/mol. The second kappa shape index (κ2) is 4.79. The summed E-state index contributed by atoms with van der Waals surface area (Å²) in [5.41, 5.74) is 0. The van der Waals surface area contributed by atoms with Crippen LogP contribution in [0.5, 0.6) is 0 Å². The summed E-state index contributed by atoms with van der Waals surface area (Å²) in [4.78, 5) is 4.62. The molecule has 3 unspecified atom stereocenters. The first-order valence-electron chi connectivity index (χ1n) is 7.28. The highest BCUT2D eigenvalue weighted by Gasteiger charge is 2.34. The molecule has 1 aromatic heterocycles. The van der Waals surface area contributed by atoms with E-state index in [0.29, 0.717) is 5.92 Å². The van der Waals surface area contributed by atoms with Crippen molar-refractivity contribution in [1.82, 2.24) is 15.2 Å². The number of hydrogen-bond donors (Lipinski definition) is 1. The summed E-state index contributed by atoms with van der Waals surface area (Å²) in [7, 11) is 0. The molecule has 2 aliphatic rings. The first-order valence-corrected chi connectivity index (χ1v) is 7.28. The van der Waals surface area contributed by atoms with Gasteiger partial charge in [-0.1, -0.05) is 32.6 Å². The van der Waals surface area contributed by atoms with Crippen molar-refractivity contribution in [2.24, 2.45) is 11.8 Å². The Kier molecular flexibility index (Phi) is 3.17. The molecule has 0 bridgehead atoms. The van der Waals surface area contributed by atoms with Gasteiger partial charge in [-0.2, -0.15) is 5.10 Å². The van der Waals surface area contributed by atoms with E-state index in [1.165, 1.54) is 44.9 Å². The zero-order valence-corrected chi connectivity index (χ0v) is 10.8. The van der Waals surface area contributed by atoms with Crippen molar-refractivity contribution < 1.29 is 0 Å². The molecule has 0 saturated heterocycles. The maximum Gasteiger partial charge on any atom is 0.153 e. The molecule has 3 atom stereocenters. The summed E-state index contributed by atoms with van der Waals surface area (Å²) in [5, 5.41) is 7.48.